The van der Waals surface area contributed by atoms with Crippen molar-refractivity contribution in [3.8, 4) is 5.75 Å². The van der Waals surface area contributed by atoms with Gasteiger partial charge in [-0.2, -0.15) is 4.31 Å². The Balaban J connectivity index is 1.35. The van der Waals surface area contributed by atoms with Crippen molar-refractivity contribution >= 4 is 43.0 Å². The summed E-state index contributed by atoms with van der Waals surface area (Å²) in [5.74, 6) is -0.339. The average molecular weight is 671 g/mol. The van der Waals surface area contributed by atoms with Gasteiger partial charge in [0, 0.05) is 37.8 Å². The van der Waals surface area contributed by atoms with Crippen LogP contribution in [-0.2, 0) is 29.6 Å². The van der Waals surface area contributed by atoms with Crippen molar-refractivity contribution < 1.29 is 31.1 Å². The van der Waals surface area contributed by atoms with Crippen LogP contribution in [0.2, 0.25) is 0 Å². The van der Waals surface area contributed by atoms with Crippen molar-refractivity contribution in [2.24, 2.45) is 5.92 Å². The lowest BCUT2D eigenvalue weighted by Crippen LogP contribution is -2.42. The van der Waals surface area contributed by atoms with E-state index >= 15 is 0 Å². The first-order chi connectivity index (χ1) is 21.8. The Kier molecular flexibility index (Phi) is 9.97. The summed E-state index contributed by atoms with van der Waals surface area (Å²) >= 11 is 0. The minimum absolute atomic E-state index is 0.0122. The van der Waals surface area contributed by atoms with E-state index in [0.717, 1.165) is 22.3 Å². The predicted octanol–water partition coefficient (Wildman–Crippen LogP) is 4.61. The van der Waals surface area contributed by atoms with Crippen LogP contribution in [0.15, 0.2) is 58.3 Å². The Bertz CT molecular complexity index is 1800. The van der Waals surface area contributed by atoms with Gasteiger partial charge in [-0.25, -0.2) is 16.8 Å². The fourth-order valence-electron chi connectivity index (χ4n) is 6.10. The van der Waals surface area contributed by atoms with Gasteiger partial charge in [-0.1, -0.05) is 18.2 Å². The van der Waals surface area contributed by atoms with Gasteiger partial charge >= 0.3 is 0 Å². The second kappa shape index (κ2) is 13.6. The standard InChI is InChI=1S/C33H42N4O7S2/c1-22-20-23(2)25(4)32(24(22)3)46(41,42)37-14-12-26(13-15-37)33(38)34-27-10-11-29(36-16-18-44-19-17-36)31(21-27)45(39,40)35-28-8-6-7-9-30(28)43-5/h6-11,20-21,26,35H,12-19H2,1-5H3,(H,34,38). The van der Waals surface area contributed by atoms with E-state index in [-0.39, 0.29) is 23.9 Å². The number of carbonyl (C=O) groups excluding carboxylic acids is 1. The number of ether oxygens (including phenoxy) is 2. The molecular formula is C33H42N4O7S2. The third-order valence-corrected chi connectivity index (χ3v) is 12.5. The molecule has 3 aromatic carbocycles. The molecule has 2 N–H and O–H groups in total. The van der Waals surface area contributed by atoms with E-state index in [2.05, 4.69) is 10.0 Å². The number of rotatable bonds is 9. The van der Waals surface area contributed by atoms with Gasteiger partial charge in [0.2, 0.25) is 15.9 Å². The van der Waals surface area contributed by atoms with Crippen LogP contribution in [0.1, 0.15) is 35.1 Å². The highest BCUT2D eigenvalue weighted by molar-refractivity contribution is 7.93. The van der Waals surface area contributed by atoms with Gasteiger partial charge in [-0.15, -0.1) is 0 Å². The Morgan fingerprint density at radius 3 is 2.13 bits per heavy atom. The Hall–Kier alpha value is -3.65. The second-order valence-corrected chi connectivity index (χ2v) is 15.4. The van der Waals surface area contributed by atoms with Crippen molar-refractivity contribution in [3.63, 3.8) is 0 Å². The molecule has 46 heavy (non-hydrogen) atoms. The number of piperidine rings is 1. The van der Waals surface area contributed by atoms with Crippen molar-refractivity contribution in [2.45, 2.75) is 50.3 Å². The number of nitrogens with one attached hydrogen (secondary N) is 2. The minimum Gasteiger partial charge on any atom is -0.495 e. The van der Waals surface area contributed by atoms with Gasteiger partial charge in [-0.3, -0.25) is 9.52 Å². The third-order valence-electron chi connectivity index (χ3n) is 8.94. The maximum Gasteiger partial charge on any atom is 0.264 e. The molecule has 2 aliphatic heterocycles. The molecule has 1 amide bonds. The van der Waals surface area contributed by atoms with Crippen molar-refractivity contribution in [1.29, 1.82) is 0 Å². The molecule has 0 aromatic heterocycles. The Labute approximate surface area is 272 Å². The highest BCUT2D eigenvalue weighted by Gasteiger charge is 2.35. The molecule has 2 saturated heterocycles. The number of anilines is 3. The molecule has 11 nitrogen and oxygen atoms in total. The molecule has 2 heterocycles. The lowest BCUT2D eigenvalue weighted by atomic mass is 9.97. The number of benzene rings is 3. The normalized spacial score (nSPS) is 16.7. The predicted molar refractivity (Wildman–Crippen MR) is 179 cm³/mol. The van der Waals surface area contributed by atoms with Crippen LogP contribution < -0.4 is 19.7 Å². The van der Waals surface area contributed by atoms with Crippen LogP contribution in [0.5, 0.6) is 5.75 Å². The highest BCUT2D eigenvalue weighted by atomic mass is 32.2. The molecule has 0 spiro atoms. The summed E-state index contributed by atoms with van der Waals surface area (Å²) in [5, 5.41) is 2.89. The van der Waals surface area contributed by atoms with Gasteiger partial charge in [0.1, 0.15) is 10.6 Å². The fraction of sp³-hybridized carbons (Fsp3) is 0.424. The molecule has 0 saturated carbocycles. The van der Waals surface area contributed by atoms with Gasteiger partial charge < -0.3 is 19.7 Å². The maximum absolute atomic E-state index is 13.8. The number of sulfonamides is 2. The molecule has 0 bridgehead atoms. The van der Waals surface area contributed by atoms with Crippen LogP contribution in [-0.4, -0.2) is 73.6 Å². The molecule has 0 unspecified atom stereocenters. The third kappa shape index (κ3) is 6.87. The monoisotopic (exact) mass is 670 g/mol. The number of aryl methyl sites for hydroxylation is 2. The highest BCUT2D eigenvalue weighted by Crippen LogP contribution is 2.34. The molecule has 5 rings (SSSR count). The number of hydrogen-bond acceptors (Lipinski definition) is 8. The number of methoxy groups -OCH3 is 1. The van der Waals surface area contributed by atoms with E-state index in [1.807, 2.05) is 38.7 Å². The smallest absolute Gasteiger partial charge is 0.264 e. The lowest BCUT2D eigenvalue weighted by molar-refractivity contribution is -0.120. The maximum atomic E-state index is 13.8. The topological polar surface area (TPSA) is 134 Å². The zero-order chi connectivity index (χ0) is 33.2. The first-order valence-electron chi connectivity index (χ1n) is 15.3. The van der Waals surface area contributed by atoms with E-state index in [4.69, 9.17) is 9.47 Å². The minimum atomic E-state index is -4.11. The van der Waals surface area contributed by atoms with Crippen molar-refractivity contribution in [3.05, 3.63) is 70.8 Å². The van der Waals surface area contributed by atoms with Crippen LogP contribution in [0, 0.1) is 33.6 Å². The van der Waals surface area contributed by atoms with Crippen LogP contribution in [0.4, 0.5) is 17.1 Å². The Morgan fingerprint density at radius 1 is 0.870 bits per heavy atom. The second-order valence-electron chi connectivity index (χ2n) is 11.8. The Morgan fingerprint density at radius 2 is 1.50 bits per heavy atom. The van der Waals surface area contributed by atoms with Crippen LogP contribution in [0.3, 0.4) is 0 Å². The van der Waals surface area contributed by atoms with E-state index in [1.165, 1.54) is 17.5 Å². The average Bonchev–Trinajstić information content (AvgIpc) is 3.04. The summed E-state index contributed by atoms with van der Waals surface area (Å²) in [6, 6.07) is 13.6. The first kappa shape index (κ1) is 33.7. The number of morpholine rings is 1. The number of nitrogens with zero attached hydrogens (tertiary/aromatic N) is 2. The number of carbonyl (C=O) groups is 1. The van der Waals surface area contributed by atoms with Crippen molar-refractivity contribution in [1.82, 2.24) is 4.31 Å². The summed E-state index contributed by atoms with van der Waals surface area (Å²) in [7, 11) is -6.38. The number of amides is 1. The summed E-state index contributed by atoms with van der Waals surface area (Å²) in [6.45, 7) is 9.89. The van der Waals surface area contributed by atoms with Gasteiger partial charge in [-0.05, 0) is 93.1 Å². The van der Waals surface area contributed by atoms with Gasteiger partial charge in [0.05, 0.1) is 36.6 Å². The lowest BCUT2D eigenvalue weighted by Gasteiger charge is -2.32. The molecule has 3 aromatic rings. The summed E-state index contributed by atoms with van der Waals surface area (Å²) < 4.78 is 70.0. The number of para-hydroxylation sites is 2. The zero-order valence-corrected chi connectivity index (χ0v) is 28.6. The van der Waals surface area contributed by atoms with Gasteiger partial charge in [0.15, 0.2) is 0 Å². The molecule has 0 radical (unpaired) electrons. The zero-order valence-electron chi connectivity index (χ0n) is 26.9. The van der Waals surface area contributed by atoms with E-state index < -0.39 is 26.0 Å². The molecule has 13 heteroatoms. The largest absolute Gasteiger partial charge is 0.495 e. The van der Waals surface area contributed by atoms with Crippen LogP contribution >= 0.6 is 0 Å². The fourth-order valence-corrected chi connectivity index (χ4v) is 9.47. The summed E-state index contributed by atoms with van der Waals surface area (Å²) in [4.78, 5) is 15.7. The molecule has 248 valence electrons. The molecule has 0 aliphatic carbocycles. The van der Waals surface area contributed by atoms with E-state index in [9.17, 15) is 21.6 Å². The summed E-state index contributed by atoms with van der Waals surface area (Å²) in [5.41, 5.74) is 4.47. The summed E-state index contributed by atoms with van der Waals surface area (Å²) in [6.07, 6.45) is 0.695. The number of hydrogen-bond donors (Lipinski definition) is 2. The van der Waals surface area contributed by atoms with Crippen molar-refractivity contribution in [2.75, 3.05) is 61.4 Å². The quantitative estimate of drug-likeness (QED) is 0.337. The molecular weight excluding hydrogens is 629 g/mol. The first-order valence-corrected chi connectivity index (χ1v) is 18.3. The van der Waals surface area contributed by atoms with Gasteiger partial charge in [0.25, 0.3) is 10.0 Å². The van der Waals surface area contributed by atoms with Crippen LogP contribution in [0.25, 0.3) is 0 Å². The molecule has 0 atom stereocenters. The van der Waals surface area contributed by atoms with E-state index in [0.29, 0.717) is 66.9 Å². The van der Waals surface area contributed by atoms with E-state index in [1.54, 1.807) is 36.4 Å². The molecule has 2 fully saturated rings. The molecule has 2 aliphatic rings. The SMILES string of the molecule is COc1ccccc1NS(=O)(=O)c1cc(NC(=O)C2CCN(S(=O)(=O)c3c(C)c(C)cc(C)c3C)CC2)ccc1N1CCOCC1.